The molecule has 1 aliphatic rings. The third-order valence-corrected chi connectivity index (χ3v) is 7.76. The molecule has 1 atom stereocenters. The fourth-order valence-corrected chi connectivity index (χ4v) is 4.58. The zero-order chi connectivity index (χ0) is 22.7. The minimum Gasteiger partial charge on any atom is -0.467 e. The maximum atomic E-state index is 13.0. The Morgan fingerprint density at radius 1 is 1.23 bits per heavy atom. The van der Waals surface area contributed by atoms with Gasteiger partial charge in [-0.25, -0.2) is 0 Å². The van der Waals surface area contributed by atoms with Gasteiger partial charge in [0.25, 0.3) is 0 Å². The second kappa shape index (κ2) is 9.78. The van der Waals surface area contributed by atoms with Gasteiger partial charge in [0, 0.05) is 32.7 Å². The quantitative estimate of drug-likeness (QED) is 0.199. The van der Waals surface area contributed by atoms with Gasteiger partial charge in [-0.1, -0.05) is 42.8 Å². The molecule has 170 valence electrons. The zero-order valence-corrected chi connectivity index (χ0v) is 21.5. The zero-order valence-electron chi connectivity index (χ0n) is 18.9. The number of halogens is 2. The molecule has 0 bridgehead atoms. The third-order valence-electron chi connectivity index (χ3n) is 5.23. The van der Waals surface area contributed by atoms with Crippen LogP contribution in [0.3, 0.4) is 0 Å². The lowest BCUT2D eigenvalue weighted by atomic mass is 9.82. The van der Waals surface area contributed by atoms with Gasteiger partial charge in [0.2, 0.25) is 0 Å². The molecule has 30 heavy (non-hydrogen) atoms. The number of esters is 1. The summed E-state index contributed by atoms with van der Waals surface area (Å²) >= 11 is 12.9. The first kappa shape index (κ1) is 25.5. The summed E-state index contributed by atoms with van der Waals surface area (Å²) in [5.74, 6) is -0.0583. The molecule has 1 aliphatic carbocycles. The second-order valence-corrected chi connectivity index (χ2v) is 16.6. The largest absolute Gasteiger partial charge is 0.467 e. The topological polar surface area (TPSA) is 70.8 Å². The van der Waals surface area contributed by atoms with Crippen LogP contribution in [0.1, 0.15) is 45.1 Å². The summed E-state index contributed by atoms with van der Waals surface area (Å²) in [5.41, 5.74) is 5.53. The molecule has 1 saturated carbocycles. The SMILES string of the molecule is CC(C)(C)OC(=O)C1(C(CN)c2c(OCOCC[Si](C)(C)C)ccc(Cl)c2Cl)CC1. The summed E-state index contributed by atoms with van der Waals surface area (Å²) in [4.78, 5) is 13.0. The monoisotopic (exact) mass is 475 g/mol. The molecule has 8 heteroatoms. The highest BCUT2D eigenvalue weighted by Crippen LogP contribution is 2.59. The molecule has 1 unspecified atom stereocenters. The molecule has 1 fully saturated rings. The van der Waals surface area contributed by atoms with Crippen LogP contribution in [0.2, 0.25) is 35.7 Å². The Morgan fingerprint density at radius 3 is 2.37 bits per heavy atom. The summed E-state index contributed by atoms with van der Waals surface area (Å²) in [6.07, 6.45) is 1.39. The first-order chi connectivity index (χ1) is 13.8. The fraction of sp³-hybridized carbons (Fsp3) is 0.682. The lowest BCUT2D eigenvalue weighted by Crippen LogP contribution is -2.36. The van der Waals surface area contributed by atoms with Crippen LogP contribution in [0, 0.1) is 5.41 Å². The second-order valence-electron chi connectivity index (χ2n) is 10.2. The van der Waals surface area contributed by atoms with Crippen molar-refractivity contribution in [2.75, 3.05) is 19.9 Å². The molecule has 2 rings (SSSR count). The molecule has 0 saturated heterocycles. The molecule has 0 radical (unpaired) electrons. The highest BCUT2D eigenvalue weighted by atomic mass is 35.5. The van der Waals surface area contributed by atoms with E-state index in [1.807, 2.05) is 20.8 Å². The van der Waals surface area contributed by atoms with Crippen molar-refractivity contribution >= 4 is 37.2 Å². The van der Waals surface area contributed by atoms with Crippen LogP contribution in [0.5, 0.6) is 5.75 Å². The number of ether oxygens (including phenoxy) is 3. The predicted octanol–water partition coefficient (Wildman–Crippen LogP) is 5.85. The number of hydrogen-bond donors (Lipinski definition) is 1. The standard InChI is InChI=1S/C22H35Cl2NO4Si/c1-21(2,3)29-20(26)22(9-10-22)15(13-25)18-17(8-7-16(23)19(18)24)28-14-27-11-12-30(4,5)6/h7-8,15H,9-14,25H2,1-6H3. The van der Waals surface area contributed by atoms with E-state index < -0.39 is 19.1 Å². The van der Waals surface area contributed by atoms with Crippen LogP contribution in [-0.4, -0.2) is 39.6 Å². The van der Waals surface area contributed by atoms with Crippen molar-refractivity contribution in [1.82, 2.24) is 0 Å². The highest BCUT2D eigenvalue weighted by Gasteiger charge is 2.58. The Kier molecular flexibility index (Phi) is 8.30. The number of hydrogen-bond acceptors (Lipinski definition) is 5. The Bertz CT molecular complexity index is 755. The van der Waals surface area contributed by atoms with E-state index in [2.05, 4.69) is 19.6 Å². The average Bonchev–Trinajstić information content (AvgIpc) is 3.40. The van der Waals surface area contributed by atoms with Crippen molar-refractivity contribution in [3.05, 3.63) is 27.7 Å². The van der Waals surface area contributed by atoms with Crippen LogP contribution < -0.4 is 10.5 Å². The van der Waals surface area contributed by atoms with E-state index in [0.29, 0.717) is 40.8 Å². The van der Waals surface area contributed by atoms with Crippen molar-refractivity contribution in [2.45, 2.75) is 70.8 Å². The van der Waals surface area contributed by atoms with Gasteiger partial charge in [0.15, 0.2) is 6.79 Å². The van der Waals surface area contributed by atoms with Crippen molar-refractivity contribution in [1.29, 1.82) is 0 Å². The van der Waals surface area contributed by atoms with Gasteiger partial charge in [-0.2, -0.15) is 0 Å². The van der Waals surface area contributed by atoms with E-state index >= 15 is 0 Å². The number of rotatable bonds is 10. The minimum absolute atomic E-state index is 0.103. The Hall–Kier alpha value is -0.793. The molecule has 2 N–H and O–H groups in total. The summed E-state index contributed by atoms with van der Waals surface area (Å²) in [6.45, 7) is 13.4. The fourth-order valence-electron chi connectivity index (χ4n) is 3.37. The highest BCUT2D eigenvalue weighted by molar-refractivity contribution is 6.76. The number of benzene rings is 1. The maximum absolute atomic E-state index is 13.0. The van der Waals surface area contributed by atoms with E-state index in [-0.39, 0.29) is 25.2 Å². The van der Waals surface area contributed by atoms with Gasteiger partial charge < -0.3 is 19.9 Å². The van der Waals surface area contributed by atoms with E-state index in [9.17, 15) is 4.79 Å². The van der Waals surface area contributed by atoms with Crippen molar-refractivity contribution in [3.8, 4) is 5.75 Å². The maximum Gasteiger partial charge on any atom is 0.313 e. The summed E-state index contributed by atoms with van der Waals surface area (Å²) in [7, 11) is -1.17. The molecular formula is C22H35Cl2NO4Si. The minimum atomic E-state index is -1.17. The van der Waals surface area contributed by atoms with Gasteiger partial charge >= 0.3 is 5.97 Å². The Labute approximate surface area is 191 Å². The predicted molar refractivity (Wildman–Crippen MR) is 125 cm³/mol. The molecule has 5 nitrogen and oxygen atoms in total. The van der Waals surface area contributed by atoms with E-state index in [1.54, 1.807) is 12.1 Å². The van der Waals surface area contributed by atoms with Crippen LogP contribution in [-0.2, 0) is 14.3 Å². The lowest BCUT2D eigenvalue weighted by Gasteiger charge is -2.30. The molecular weight excluding hydrogens is 441 g/mol. The van der Waals surface area contributed by atoms with Crippen LogP contribution in [0.25, 0.3) is 0 Å². The number of carbonyl (C=O) groups is 1. The smallest absolute Gasteiger partial charge is 0.313 e. The van der Waals surface area contributed by atoms with Gasteiger partial charge in [-0.05, 0) is 51.8 Å². The Morgan fingerprint density at radius 2 is 1.87 bits per heavy atom. The normalized spacial score (nSPS) is 16.8. The number of nitrogens with two attached hydrogens (primary N) is 1. The van der Waals surface area contributed by atoms with E-state index in [1.165, 1.54) is 0 Å². The first-order valence-corrected chi connectivity index (χ1v) is 14.9. The Balaban J connectivity index is 2.23. The first-order valence-electron chi connectivity index (χ1n) is 10.4. The van der Waals surface area contributed by atoms with Crippen molar-refractivity contribution in [2.24, 2.45) is 11.1 Å². The van der Waals surface area contributed by atoms with Crippen molar-refractivity contribution < 1.29 is 19.0 Å². The van der Waals surface area contributed by atoms with Gasteiger partial charge in [-0.3, -0.25) is 4.79 Å². The lowest BCUT2D eigenvalue weighted by molar-refractivity contribution is -0.162. The summed E-state index contributed by atoms with van der Waals surface area (Å²) in [5, 5.41) is 0.763. The molecule has 1 aromatic carbocycles. The molecule has 0 aliphatic heterocycles. The molecule has 0 amide bonds. The number of carbonyl (C=O) groups excluding carboxylic acids is 1. The van der Waals surface area contributed by atoms with Gasteiger partial charge in [0.1, 0.15) is 11.4 Å². The molecule has 0 spiro atoms. The average molecular weight is 477 g/mol. The van der Waals surface area contributed by atoms with Crippen LogP contribution >= 0.6 is 23.2 Å². The van der Waals surface area contributed by atoms with Gasteiger partial charge in [-0.15, -0.1) is 0 Å². The molecule has 0 aromatic heterocycles. The molecule has 0 heterocycles. The third kappa shape index (κ3) is 6.60. The van der Waals surface area contributed by atoms with Gasteiger partial charge in [0.05, 0.1) is 15.5 Å². The van der Waals surface area contributed by atoms with E-state index in [4.69, 9.17) is 43.1 Å². The summed E-state index contributed by atoms with van der Waals surface area (Å²) in [6, 6.07) is 4.50. The summed E-state index contributed by atoms with van der Waals surface area (Å²) < 4.78 is 17.3. The molecule has 1 aromatic rings. The van der Waals surface area contributed by atoms with Crippen LogP contribution in [0.4, 0.5) is 0 Å². The van der Waals surface area contributed by atoms with Crippen LogP contribution in [0.15, 0.2) is 12.1 Å². The van der Waals surface area contributed by atoms with E-state index in [0.717, 1.165) is 6.04 Å². The van der Waals surface area contributed by atoms with Crippen molar-refractivity contribution in [3.63, 3.8) is 0 Å².